The molecule has 1 aromatic carbocycles. The summed E-state index contributed by atoms with van der Waals surface area (Å²) in [5, 5.41) is 2.14. The lowest BCUT2D eigenvalue weighted by Gasteiger charge is -2.31. The zero-order valence-electron chi connectivity index (χ0n) is 13.2. The van der Waals surface area contributed by atoms with Crippen LogP contribution in [0.3, 0.4) is 0 Å². The molecule has 2 aromatic rings. The molecular formula is C17H24N2OS. The molecule has 1 heterocycles. The van der Waals surface area contributed by atoms with Gasteiger partial charge in [-0.25, -0.2) is 0 Å². The number of para-hydroxylation sites is 1. The molecule has 0 aliphatic heterocycles. The first kappa shape index (κ1) is 16.0. The number of ether oxygens (including phenoxy) is 1. The van der Waals surface area contributed by atoms with Gasteiger partial charge in [-0.3, -0.25) is 4.90 Å². The van der Waals surface area contributed by atoms with E-state index in [2.05, 4.69) is 43.3 Å². The fraction of sp³-hybridized carbons (Fsp3) is 0.412. The van der Waals surface area contributed by atoms with Gasteiger partial charge in [0.15, 0.2) is 0 Å². The van der Waals surface area contributed by atoms with Gasteiger partial charge in [0.2, 0.25) is 0 Å². The maximum Gasteiger partial charge on any atom is 0.123 e. The quantitative estimate of drug-likeness (QED) is 0.886. The van der Waals surface area contributed by atoms with Crippen molar-refractivity contribution in [2.45, 2.75) is 32.5 Å². The van der Waals surface area contributed by atoms with Gasteiger partial charge in [-0.1, -0.05) is 18.2 Å². The average Bonchev–Trinajstić information content (AvgIpc) is 2.85. The Morgan fingerprint density at radius 2 is 2.00 bits per heavy atom. The lowest BCUT2D eigenvalue weighted by Crippen LogP contribution is -2.36. The van der Waals surface area contributed by atoms with E-state index in [1.54, 1.807) is 18.4 Å². The minimum atomic E-state index is 0.0713. The van der Waals surface area contributed by atoms with Crippen LogP contribution in [0, 0.1) is 6.92 Å². The van der Waals surface area contributed by atoms with E-state index in [9.17, 15) is 0 Å². The van der Waals surface area contributed by atoms with E-state index < -0.39 is 0 Å². The lowest BCUT2D eigenvalue weighted by molar-refractivity contribution is 0.211. The SMILES string of the molecule is COc1ccccc1CN(C)C(c1sccc1C)C(C)N. The van der Waals surface area contributed by atoms with Crippen LogP contribution in [0.2, 0.25) is 0 Å². The molecule has 0 spiro atoms. The van der Waals surface area contributed by atoms with Crippen LogP contribution in [0.25, 0.3) is 0 Å². The largest absolute Gasteiger partial charge is 0.496 e. The van der Waals surface area contributed by atoms with Crippen molar-refractivity contribution in [1.82, 2.24) is 4.90 Å². The Morgan fingerprint density at radius 1 is 1.29 bits per heavy atom. The predicted octanol–water partition coefficient (Wildman–Crippen LogP) is 3.59. The lowest BCUT2D eigenvalue weighted by atomic mass is 10.0. The van der Waals surface area contributed by atoms with Crippen LogP contribution in [0.1, 0.15) is 29.0 Å². The smallest absolute Gasteiger partial charge is 0.123 e. The monoisotopic (exact) mass is 304 g/mol. The third kappa shape index (κ3) is 3.64. The number of hydrogen-bond acceptors (Lipinski definition) is 4. The zero-order valence-corrected chi connectivity index (χ0v) is 14.0. The Balaban J connectivity index is 2.24. The van der Waals surface area contributed by atoms with Crippen LogP contribution >= 0.6 is 11.3 Å². The second kappa shape index (κ2) is 7.07. The Morgan fingerprint density at radius 3 is 2.57 bits per heavy atom. The van der Waals surface area contributed by atoms with Gasteiger partial charge in [0, 0.05) is 23.0 Å². The Kier molecular flexibility index (Phi) is 5.39. The zero-order chi connectivity index (χ0) is 15.4. The molecule has 0 saturated carbocycles. The van der Waals surface area contributed by atoms with E-state index in [0.29, 0.717) is 0 Å². The Bertz CT molecular complexity index is 580. The molecule has 0 radical (unpaired) electrons. The minimum absolute atomic E-state index is 0.0713. The maximum absolute atomic E-state index is 6.26. The number of hydrogen-bond donors (Lipinski definition) is 1. The number of rotatable bonds is 6. The van der Waals surface area contributed by atoms with Crippen LogP contribution in [-0.2, 0) is 6.54 Å². The minimum Gasteiger partial charge on any atom is -0.496 e. The molecule has 4 heteroatoms. The van der Waals surface area contributed by atoms with Crippen LogP contribution in [-0.4, -0.2) is 25.1 Å². The fourth-order valence-electron chi connectivity index (χ4n) is 2.73. The highest BCUT2D eigenvalue weighted by molar-refractivity contribution is 7.10. The molecule has 0 aliphatic rings. The van der Waals surface area contributed by atoms with Crippen molar-refractivity contribution < 1.29 is 4.74 Å². The van der Waals surface area contributed by atoms with Gasteiger partial charge in [-0.05, 0) is 44.0 Å². The van der Waals surface area contributed by atoms with E-state index in [0.717, 1.165) is 12.3 Å². The van der Waals surface area contributed by atoms with Crippen molar-refractivity contribution in [3.8, 4) is 5.75 Å². The van der Waals surface area contributed by atoms with E-state index in [1.165, 1.54) is 16.0 Å². The molecule has 0 bridgehead atoms. The normalized spacial score (nSPS) is 14.2. The topological polar surface area (TPSA) is 38.5 Å². The summed E-state index contributed by atoms with van der Waals surface area (Å²) in [6.45, 7) is 5.04. The number of likely N-dealkylation sites (N-methyl/N-ethyl adjacent to an activating group) is 1. The summed E-state index contributed by atoms with van der Waals surface area (Å²) in [5.41, 5.74) is 8.75. The standard InChI is InChI=1S/C17H24N2OS/c1-12-9-10-21-17(12)16(13(2)18)19(3)11-14-7-5-6-8-15(14)20-4/h5-10,13,16H,11,18H2,1-4H3. The summed E-state index contributed by atoms with van der Waals surface area (Å²) in [7, 11) is 3.84. The number of aryl methyl sites for hydroxylation is 1. The first-order valence-electron chi connectivity index (χ1n) is 7.16. The van der Waals surface area contributed by atoms with Gasteiger partial charge >= 0.3 is 0 Å². The van der Waals surface area contributed by atoms with Gasteiger partial charge in [-0.2, -0.15) is 0 Å². The van der Waals surface area contributed by atoms with Gasteiger partial charge in [-0.15, -0.1) is 11.3 Å². The van der Waals surface area contributed by atoms with Crippen molar-refractivity contribution in [3.63, 3.8) is 0 Å². The molecule has 0 amide bonds. The highest BCUT2D eigenvalue weighted by atomic mass is 32.1. The Labute approximate surface area is 131 Å². The molecule has 2 rings (SSSR count). The molecule has 0 saturated heterocycles. The molecule has 0 fully saturated rings. The molecular weight excluding hydrogens is 280 g/mol. The van der Waals surface area contributed by atoms with E-state index in [-0.39, 0.29) is 12.1 Å². The van der Waals surface area contributed by atoms with E-state index >= 15 is 0 Å². The molecule has 2 atom stereocenters. The van der Waals surface area contributed by atoms with Gasteiger partial charge in [0.25, 0.3) is 0 Å². The maximum atomic E-state index is 6.26. The molecule has 114 valence electrons. The second-order valence-electron chi connectivity index (χ2n) is 5.50. The second-order valence-corrected chi connectivity index (χ2v) is 6.45. The van der Waals surface area contributed by atoms with Crippen molar-refractivity contribution in [3.05, 3.63) is 51.7 Å². The van der Waals surface area contributed by atoms with Crippen molar-refractivity contribution in [1.29, 1.82) is 0 Å². The third-order valence-corrected chi connectivity index (χ3v) is 4.85. The summed E-state index contributed by atoms with van der Waals surface area (Å²) in [6, 6.07) is 10.6. The highest BCUT2D eigenvalue weighted by Crippen LogP contribution is 2.32. The third-order valence-electron chi connectivity index (χ3n) is 3.76. The van der Waals surface area contributed by atoms with Crippen LogP contribution in [0.5, 0.6) is 5.75 Å². The molecule has 3 nitrogen and oxygen atoms in total. The fourth-order valence-corrected chi connectivity index (χ4v) is 3.94. The van der Waals surface area contributed by atoms with Crippen molar-refractivity contribution in [2.24, 2.45) is 5.73 Å². The summed E-state index contributed by atoms with van der Waals surface area (Å²) in [6.07, 6.45) is 0. The Hall–Kier alpha value is -1.36. The summed E-state index contributed by atoms with van der Waals surface area (Å²) < 4.78 is 5.45. The van der Waals surface area contributed by atoms with Gasteiger partial charge in [0.05, 0.1) is 13.2 Å². The molecule has 0 aliphatic carbocycles. The molecule has 21 heavy (non-hydrogen) atoms. The predicted molar refractivity (Wildman–Crippen MR) is 89.9 cm³/mol. The van der Waals surface area contributed by atoms with E-state index in [1.807, 2.05) is 18.2 Å². The van der Waals surface area contributed by atoms with Gasteiger partial charge < -0.3 is 10.5 Å². The number of methoxy groups -OCH3 is 1. The number of nitrogens with two attached hydrogens (primary N) is 1. The van der Waals surface area contributed by atoms with Crippen molar-refractivity contribution in [2.75, 3.05) is 14.2 Å². The summed E-state index contributed by atoms with van der Waals surface area (Å²) in [5.74, 6) is 0.927. The van der Waals surface area contributed by atoms with E-state index in [4.69, 9.17) is 10.5 Å². The highest BCUT2D eigenvalue weighted by Gasteiger charge is 2.24. The van der Waals surface area contributed by atoms with Crippen LogP contribution in [0.4, 0.5) is 0 Å². The number of thiophene rings is 1. The van der Waals surface area contributed by atoms with Crippen LogP contribution in [0.15, 0.2) is 35.7 Å². The first-order valence-corrected chi connectivity index (χ1v) is 8.04. The number of benzene rings is 1. The summed E-state index contributed by atoms with van der Waals surface area (Å²) in [4.78, 5) is 3.66. The first-order chi connectivity index (χ1) is 10.0. The molecule has 1 aromatic heterocycles. The van der Waals surface area contributed by atoms with Gasteiger partial charge in [0.1, 0.15) is 5.75 Å². The molecule has 2 N–H and O–H groups in total. The van der Waals surface area contributed by atoms with Crippen LogP contribution < -0.4 is 10.5 Å². The number of nitrogens with zero attached hydrogens (tertiary/aromatic N) is 1. The average molecular weight is 304 g/mol. The molecule has 2 unspecified atom stereocenters. The summed E-state index contributed by atoms with van der Waals surface area (Å²) >= 11 is 1.78. The van der Waals surface area contributed by atoms with Crippen molar-refractivity contribution >= 4 is 11.3 Å².